The summed E-state index contributed by atoms with van der Waals surface area (Å²) in [6.07, 6.45) is 2.23. The first-order chi connectivity index (χ1) is 18.4. The molecule has 216 valence electrons. The monoisotopic (exact) mass is 548 g/mol. The Morgan fingerprint density at radius 2 is 1.82 bits per heavy atom. The number of cyclic esters (lactones) is 1. The van der Waals surface area contributed by atoms with Crippen LogP contribution in [0.2, 0.25) is 0 Å². The molecule has 0 unspecified atom stereocenters. The molecule has 14 atom stereocenters. The quantitative estimate of drug-likeness (QED) is 0.223. The van der Waals surface area contributed by atoms with Crippen LogP contribution in [0.5, 0.6) is 0 Å². The van der Waals surface area contributed by atoms with Crippen LogP contribution in [0, 0.1) is 34.5 Å². The fraction of sp³-hybridized carbons (Fsp3) is 0.862. The van der Waals surface area contributed by atoms with Crippen LogP contribution in [-0.2, 0) is 28.5 Å². The number of hydrogen-bond acceptors (Lipinski definition) is 10. The van der Waals surface area contributed by atoms with Gasteiger partial charge in [-0.25, -0.2) is 4.79 Å². The lowest BCUT2D eigenvalue weighted by molar-refractivity contribution is -0.457. The zero-order chi connectivity index (χ0) is 27.5. The maximum absolute atomic E-state index is 13.1. The topological polar surface area (TPSA) is 152 Å². The van der Waals surface area contributed by atoms with Crippen molar-refractivity contribution in [2.45, 2.75) is 113 Å². The number of rotatable bonds is 2. The van der Waals surface area contributed by atoms with Crippen LogP contribution in [0.3, 0.4) is 0 Å². The van der Waals surface area contributed by atoms with E-state index in [9.17, 15) is 30.0 Å². The Bertz CT molecular complexity index is 1090. The standard InChI is InChI=1S/C29H40O10/c1-14-7-22(32)29(35)25(37-14)38-20-9-16-3-4-18-17(27(16,13-30)11-21(20)39-29)5-6-26(2)24(15-8-23(33)36-12-15)19(31)10-28(18,26)34/h8,13-14,16-22,24-25,31-32,34-35H,3-7,9-12H2,1-2H3/t14-,16+,17+,18-,19-,20-,21-,22+,24+,25+,26-,27-,28+,29+/m1/s1. The second kappa shape index (κ2) is 8.56. The summed E-state index contributed by atoms with van der Waals surface area (Å²) in [5, 5.41) is 45.6. The molecule has 0 aromatic heterocycles. The van der Waals surface area contributed by atoms with Crippen molar-refractivity contribution in [2.24, 2.45) is 34.5 Å². The summed E-state index contributed by atoms with van der Waals surface area (Å²) >= 11 is 0. The van der Waals surface area contributed by atoms with Crippen molar-refractivity contribution in [3.05, 3.63) is 11.6 Å². The van der Waals surface area contributed by atoms with Gasteiger partial charge in [-0.3, -0.25) is 0 Å². The molecule has 6 fully saturated rings. The van der Waals surface area contributed by atoms with Crippen molar-refractivity contribution in [3.8, 4) is 0 Å². The van der Waals surface area contributed by atoms with E-state index < -0.39 is 52.8 Å². The zero-order valence-corrected chi connectivity index (χ0v) is 22.5. The minimum Gasteiger partial charge on any atom is -0.458 e. The molecule has 4 N–H and O–H groups in total. The number of esters is 1. The third kappa shape index (κ3) is 3.40. The third-order valence-corrected chi connectivity index (χ3v) is 12.1. The summed E-state index contributed by atoms with van der Waals surface area (Å²) < 4.78 is 23.4. The van der Waals surface area contributed by atoms with Crippen LogP contribution in [0.25, 0.3) is 0 Å². The van der Waals surface area contributed by atoms with E-state index in [4.69, 9.17) is 18.9 Å². The van der Waals surface area contributed by atoms with Gasteiger partial charge in [0.25, 0.3) is 0 Å². The molecule has 3 aliphatic heterocycles. The Hall–Kier alpha value is -1.40. The summed E-state index contributed by atoms with van der Waals surface area (Å²) in [6, 6.07) is 0. The molecule has 0 aromatic carbocycles. The molecule has 7 rings (SSSR count). The minimum absolute atomic E-state index is 0.0249. The van der Waals surface area contributed by atoms with Gasteiger partial charge in [-0.2, -0.15) is 0 Å². The van der Waals surface area contributed by atoms with Gasteiger partial charge in [0, 0.05) is 35.7 Å². The van der Waals surface area contributed by atoms with E-state index in [0.29, 0.717) is 25.7 Å². The lowest BCUT2D eigenvalue weighted by Gasteiger charge is -2.64. The molecular weight excluding hydrogens is 508 g/mol. The van der Waals surface area contributed by atoms with Gasteiger partial charge in [0.2, 0.25) is 12.1 Å². The highest BCUT2D eigenvalue weighted by Crippen LogP contribution is 2.70. The second-order valence-electron chi connectivity index (χ2n) is 13.7. The number of aliphatic hydroxyl groups excluding tert-OH is 2. The van der Waals surface area contributed by atoms with Gasteiger partial charge in [0.1, 0.15) is 19.0 Å². The Kier molecular flexibility index (Phi) is 5.82. The molecule has 7 aliphatic rings. The minimum atomic E-state index is -2.00. The molecule has 0 radical (unpaired) electrons. The van der Waals surface area contributed by atoms with Crippen molar-refractivity contribution < 1.29 is 49.0 Å². The van der Waals surface area contributed by atoms with Crippen molar-refractivity contribution >= 4 is 12.3 Å². The number of aldehydes is 1. The average molecular weight is 549 g/mol. The number of fused-ring (bicyclic) bond motifs is 7. The van der Waals surface area contributed by atoms with Crippen LogP contribution in [0.1, 0.15) is 65.2 Å². The first-order valence-electron chi connectivity index (χ1n) is 14.6. The molecular formula is C29H40O10. The molecule has 0 aromatic rings. The molecule has 4 aliphatic carbocycles. The van der Waals surface area contributed by atoms with Gasteiger partial charge in [0.15, 0.2) is 0 Å². The fourth-order valence-electron chi connectivity index (χ4n) is 10.3. The summed E-state index contributed by atoms with van der Waals surface area (Å²) in [7, 11) is 0. The average Bonchev–Trinajstić information content (AvgIpc) is 3.38. The molecule has 0 bridgehead atoms. The number of ether oxygens (including phenoxy) is 4. The van der Waals surface area contributed by atoms with Crippen LogP contribution in [0.15, 0.2) is 11.6 Å². The summed E-state index contributed by atoms with van der Waals surface area (Å²) in [4.78, 5) is 25.0. The molecule has 0 spiro atoms. The molecule has 0 amide bonds. The van der Waals surface area contributed by atoms with Gasteiger partial charge in [-0.05, 0) is 68.8 Å². The van der Waals surface area contributed by atoms with Crippen LogP contribution in [-0.4, -0.2) is 87.5 Å². The Morgan fingerprint density at radius 3 is 2.54 bits per heavy atom. The maximum Gasteiger partial charge on any atom is 0.331 e. The van der Waals surface area contributed by atoms with Gasteiger partial charge >= 0.3 is 5.97 Å². The van der Waals surface area contributed by atoms with Gasteiger partial charge in [0.05, 0.1) is 30.0 Å². The Labute approximate surface area is 227 Å². The van der Waals surface area contributed by atoms with Crippen LogP contribution in [0.4, 0.5) is 0 Å². The zero-order valence-electron chi connectivity index (χ0n) is 22.5. The lowest BCUT2D eigenvalue weighted by Crippen LogP contribution is -2.71. The maximum atomic E-state index is 13.1. The predicted molar refractivity (Wildman–Crippen MR) is 133 cm³/mol. The molecule has 10 nitrogen and oxygen atoms in total. The van der Waals surface area contributed by atoms with Crippen molar-refractivity contribution in [1.29, 1.82) is 0 Å². The summed E-state index contributed by atoms with van der Waals surface area (Å²) in [6.45, 7) is 3.97. The first-order valence-corrected chi connectivity index (χ1v) is 14.6. The third-order valence-electron chi connectivity index (χ3n) is 12.1. The molecule has 3 heterocycles. The number of aliphatic hydroxyl groups is 4. The van der Waals surface area contributed by atoms with Crippen molar-refractivity contribution in [2.75, 3.05) is 6.61 Å². The number of carbonyl (C=O) groups is 2. The Morgan fingerprint density at radius 1 is 1.03 bits per heavy atom. The largest absolute Gasteiger partial charge is 0.458 e. The van der Waals surface area contributed by atoms with Gasteiger partial charge in [-0.15, -0.1) is 0 Å². The van der Waals surface area contributed by atoms with E-state index in [1.165, 1.54) is 6.08 Å². The second-order valence-corrected chi connectivity index (χ2v) is 13.7. The highest BCUT2D eigenvalue weighted by Gasteiger charge is 2.72. The SMILES string of the molecule is C[C@@H]1C[C@H](O)[C@]2(O)O[C@@H]3C[C@@]4(C=O)[C@@H](CC[C@@H]5[C@@H]4CC[C@]4(C)[C@@H](C6=CC(=O)OC6)[C@H](O)C[C@]54O)C[C@H]3O[C@@H]2O1. The lowest BCUT2D eigenvalue weighted by atomic mass is 9.42. The number of hydrogen-bond donors (Lipinski definition) is 4. The van der Waals surface area contributed by atoms with Gasteiger partial charge in [-0.1, -0.05) is 6.92 Å². The fourth-order valence-corrected chi connectivity index (χ4v) is 10.3. The van der Waals surface area contributed by atoms with E-state index in [1.54, 1.807) is 0 Å². The van der Waals surface area contributed by atoms with E-state index >= 15 is 0 Å². The number of carbonyl (C=O) groups excluding carboxylic acids is 2. The van der Waals surface area contributed by atoms with E-state index in [0.717, 1.165) is 24.7 Å². The van der Waals surface area contributed by atoms with Crippen LogP contribution < -0.4 is 0 Å². The Balaban J connectivity index is 1.20. The summed E-state index contributed by atoms with van der Waals surface area (Å²) in [5.41, 5.74) is -1.91. The molecule has 4 saturated carbocycles. The van der Waals surface area contributed by atoms with Crippen molar-refractivity contribution in [3.63, 3.8) is 0 Å². The highest BCUT2D eigenvalue weighted by atomic mass is 16.8. The molecule has 10 heteroatoms. The highest BCUT2D eigenvalue weighted by molar-refractivity contribution is 5.85. The first kappa shape index (κ1) is 26.5. The van der Waals surface area contributed by atoms with Crippen LogP contribution >= 0.6 is 0 Å². The molecule has 39 heavy (non-hydrogen) atoms. The van der Waals surface area contributed by atoms with Gasteiger partial charge < -0.3 is 44.2 Å². The predicted octanol–water partition coefficient (Wildman–Crippen LogP) is 0.971. The normalized spacial score (nSPS) is 58.2. The smallest absolute Gasteiger partial charge is 0.331 e. The van der Waals surface area contributed by atoms with E-state index in [1.807, 2.05) is 13.8 Å². The van der Waals surface area contributed by atoms with E-state index in [-0.39, 0.29) is 55.3 Å². The van der Waals surface area contributed by atoms with Crippen molar-refractivity contribution in [1.82, 2.24) is 0 Å². The van der Waals surface area contributed by atoms with E-state index in [2.05, 4.69) is 0 Å². The summed E-state index contributed by atoms with van der Waals surface area (Å²) in [5.74, 6) is -3.11. The molecule has 2 saturated heterocycles.